The Hall–Kier alpha value is -4.92. The van der Waals surface area contributed by atoms with E-state index in [-0.39, 0.29) is 6.79 Å². The Morgan fingerprint density at radius 3 is 2.57 bits per heavy atom. The predicted octanol–water partition coefficient (Wildman–Crippen LogP) is 4.36. The first-order chi connectivity index (χ1) is 17.1. The molecule has 0 spiro atoms. The van der Waals surface area contributed by atoms with Crippen LogP contribution in [0.1, 0.15) is 32.0 Å². The molecular weight excluding hydrogens is 450 g/mol. The highest BCUT2D eigenvalue weighted by Crippen LogP contribution is 2.32. The van der Waals surface area contributed by atoms with Gasteiger partial charge in [0.15, 0.2) is 11.5 Å². The lowest BCUT2D eigenvalue weighted by atomic mass is 10.1. The molecule has 1 aliphatic rings. The van der Waals surface area contributed by atoms with E-state index >= 15 is 0 Å². The molecule has 0 fully saturated rings. The summed E-state index contributed by atoms with van der Waals surface area (Å²) in [5.74, 6) is 0.896. The molecule has 3 aromatic carbocycles. The summed E-state index contributed by atoms with van der Waals surface area (Å²) in [6.45, 7) is 1.80. The minimum absolute atomic E-state index is 0.129. The SMILES string of the molecule is Cc1onc(-c2ccccc2)c1C(=O)N/N=C\c1ccc(OC(=O)c2ccc3c(c2)OCO3)cc1. The molecule has 5 rings (SSSR count). The highest BCUT2D eigenvalue weighted by atomic mass is 16.7. The maximum atomic E-state index is 12.7. The number of carbonyl (C=O) groups is 2. The monoisotopic (exact) mass is 469 g/mol. The van der Waals surface area contributed by atoms with Gasteiger partial charge in [0, 0.05) is 5.56 Å². The summed E-state index contributed by atoms with van der Waals surface area (Å²) in [5.41, 5.74) is 5.07. The Balaban J connectivity index is 1.21. The molecule has 4 aromatic rings. The average Bonchev–Trinajstić information content (AvgIpc) is 3.51. The summed E-state index contributed by atoms with van der Waals surface area (Å²) in [6.07, 6.45) is 1.48. The Morgan fingerprint density at radius 2 is 1.77 bits per heavy atom. The number of hydrazone groups is 1. The number of carbonyl (C=O) groups excluding carboxylic acids is 2. The highest BCUT2D eigenvalue weighted by molar-refractivity contribution is 6.01. The van der Waals surface area contributed by atoms with Gasteiger partial charge in [0.1, 0.15) is 22.8 Å². The Labute approximate surface area is 199 Å². The van der Waals surface area contributed by atoms with Gasteiger partial charge in [-0.05, 0) is 55.0 Å². The molecule has 35 heavy (non-hydrogen) atoms. The quantitative estimate of drug-likeness (QED) is 0.193. The molecule has 1 aromatic heterocycles. The minimum Gasteiger partial charge on any atom is -0.454 e. The van der Waals surface area contributed by atoms with Crippen LogP contribution in [0.2, 0.25) is 0 Å². The van der Waals surface area contributed by atoms with Crippen LogP contribution in [0.3, 0.4) is 0 Å². The number of ether oxygens (including phenoxy) is 3. The normalized spacial score (nSPS) is 12.0. The maximum Gasteiger partial charge on any atom is 0.343 e. The van der Waals surface area contributed by atoms with Crippen molar-refractivity contribution in [1.82, 2.24) is 10.6 Å². The first-order valence-corrected chi connectivity index (χ1v) is 10.7. The van der Waals surface area contributed by atoms with Crippen LogP contribution in [-0.4, -0.2) is 30.0 Å². The van der Waals surface area contributed by atoms with Gasteiger partial charge in [-0.1, -0.05) is 35.5 Å². The second-order valence-corrected chi connectivity index (χ2v) is 7.55. The summed E-state index contributed by atoms with van der Waals surface area (Å²) in [7, 11) is 0. The minimum atomic E-state index is -0.518. The van der Waals surface area contributed by atoms with Crippen LogP contribution in [-0.2, 0) is 0 Å². The number of hydrogen-bond donors (Lipinski definition) is 1. The molecule has 1 aliphatic heterocycles. The van der Waals surface area contributed by atoms with Crippen molar-refractivity contribution < 1.29 is 28.3 Å². The van der Waals surface area contributed by atoms with Crippen molar-refractivity contribution in [3.05, 3.63) is 95.2 Å². The van der Waals surface area contributed by atoms with E-state index in [2.05, 4.69) is 15.7 Å². The lowest BCUT2D eigenvalue weighted by Gasteiger charge is -2.05. The van der Waals surface area contributed by atoms with Crippen molar-refractivity contribution in [2.45, 2.75) is 6.92 Å². The molecule has 9 heteroatoms. The molecule has 1 amide bonds. The fourth-order valence-electron chi connectivity index (χ4n) is 3.47. The van der Waals surface area contributed by atoms with E-state index in [0.717, 1.165) is 5.56 Å². The van der Waals surface area contributed by atoms with Gasteiger partial charge in [-0.3, -0.25) is 4.79 Å². The summed E-state index contributed by atoms with van der Waals surface area (Å²) in [6, 6.07) is 20.8. The average molecular weight is 469 g/mol. The van der Waals surface area contributed by atoms with Crippen LogP contribution in [0, 0.1) is 6.92 Å². The van der Waals surface area contributed by atoms with Crippen molar-refractivity contribution in [2.24, 2.45) is 5.10 Å². The highest BCUT2D eigenvalue weighted by Gasteiger charge is 2.21. The van der Waals surface area contributed by atoms with E-state index in [1.54, 1.807) is 49.4 Å². The van der Waals surface area contributed by atoms with E-state index in [9.17, 15) is 9.59 Å². The molecule has 1 N–H and O–H groups in total. The third-order valence-corrected chi connectivity index (χ3v) is 5.22. The topological polar surface area (TPSA) is 112 Å². The van der Waals surface area contributed by atoms with Gasteiger partial charge >= 0.3 is 5.97 Å². The Morgan fingerprint density at radius 1 is 1.00 bits per heavy atom. The van der Waals surface area contributed by atoms with E-state index in [1.807, 2.05) is 30.3 Å². The molecule has 174 valence electrons. The van der Waals surface area contributed by atoms with Crippen molar-refractivity contribution in [1.29, 1.82) is 0 Å². The summed E-state index contributed by atoms with van der Waals surface area (Å²) in [4.78, 5) is 25.1. The molecule has 0 saturated heterocycles. The fraction of sp³-hybridized carbons (Fsp3) is 0.0769. The van der Waals surface area contributed by atoms with Gasteiger partial charge < -0.3 is 18.7 Å². The number of fused-ring (bicyclic) bond motifs is 1. The second-order valence-electron chi connectivity index (χ2n) is 7.55. The zero-order chi connectivity index (χ0) is 24.2. The zero-order valence-corrected chi connectivity index (χ0v) is 18.6. The van der Waals surface area contributed by atoms with Crippen LogP contribution in [0.5, 0.6) is 17.2 Å². The number of aromatic nitrogens is 1. The largest absolute Gasteiger partial charge is 0.454 e. The van der Waals surface area contributed by atoms with Crippen LogP contribution in [0.4, 0.5) is 0 Å². The molecule has 0 radical (unpaired) electrons. The summed E-state index contributed by atoms with van der Waals surface area (Å²) in [5, 5.41) is 8.02. The zero-order valence-electron chi connectivity index (χ0n) is 18.6. The second kappa shape index (κ2) is 9.52. The van der Waals surface area contributed by atoms with E-state index in [0.29, 0.717) is 45.4 Å². The van der Waals surface area contributed by atoms with E-state index < -0.39 is 11.9 Å². The number of nitrogens with zero attached hydrogens (tertiary/aromatic N) is 2. The van der Waals surface area contributed by atoms with Crippen molar-refractivity contribution in [2.75, 3.05) is 6.79 Å². The van der Waals surface area contributed by atoms with Crippen molar-refractivity contribution >= 4 is 18.1 Å². The van der Waals surface area contributed by atoms with Gasteiger partial charge in [0.05, 0.1) is 11.8 Å². The number of esters is 1. The standard InChI is InChI=1S/C26H19N3O6/c1-16-23(24(29-35-16)18-5-3-2-4-6-18)25(30)28-27-14-17-7-10-20(11-8-17)34-26(31)19-9-12-21-22(13-19)33-15-32-21/h2-14H,15H2,1H3,(H,28,30)/b27-14-. The van der Waals surface area contributed by atoms with E-state index in [4.69, 9.17) is 18.7 Å². The van der Waals surface area contributed by atoms with Gasteiger partial charge in [0.2, 0.25) is 6.79 Å². The third kappa shape index (κ3) is 4.74. The van der Waals surface area contributed by atoms with E-state index in [1.165, 1.54) is 6.21 Å². The van der Waals surface area contributed by atoms with Crippen molar-refractivity contribution in [3.63, 3.8) is 0 Å². The molecule has 0 saturated carbocycles. The first-order valence-electron chi connectivity index (χ1n) is 10.7. The number of hydrogen-bond acceptors (Lipinski definition) is 8. The predicted molar refractivity (Wildman–Crippen MR) is 126 cm³/mol. The van der Waals surface area contributed by atoms with Gasteiger partial charge in [-0.2, -0.15) is 5.10 Å². The van der Waals surface area contributed by atoms with Crippen LogP contribution >= 0.6 is 0 Å². The summed E-state index contributed by atoms with van der Waals surface area (Å²) >= 11 is 0. The summed E-state index contributed by atoms with van der Waals surface area (Å²) < 4.78 is 21.2. The van der Waals surface area contributed by atoms with Crippen LogP contribution in [0.25, 0.3) is 11.3 Å². The number of benzene rings is 3. The molecular formula is C26H19N3O6. The maximum absolute atomic E-state index is 12.7. The lowest BCUT2D eigenvalue weighted by molar-refractivity contribution is 0.0734. The van der Waals surface area contributed by atoms with Gasteiger partial charge in [-0.25, -0.2) is 10.2 Å². The Bertz CT molecular complexity index is 1410. The Kier molecular flexibility index (Phi) is 5.96. The molecule has 9 nitrogen and oxygen atoms in total. The number of rotatable bonds is 6. The number of amides is 1. The van der Waals surface area contributed by atoms with Crippen LogP contribution < -0.4 is 19.6 Å². The molecule has 2 heterocycles. The first kappa shape index (κ1) is 21.9. The van der Waals surface area contributed by atoms with Crippen molar-refractivity contribution in [3.8, 4) is 28.5 Å². The number of nitrogens with one attached hydrogen (secondary N) is 1. The molecule has 0 aliphatic carbocycles. The lowest BCUT2D eigenvalue weighted by Crippen LogP contribution is -2.18. The van der Waals surface area contributed by atoms with Crippen LogP contribution in [0.15, 0.2) is 82.4 Å². The molecule has 0 unspecified atom stereocenters. The van der Waals surface area contributed by atoms with Gasteiger partial charge in [0.25, 0.3) is 5.91 Å². The smallest absolute Gasteiger partial charge is 0.343 e. The number of aryl methyl sites for hydroxylation is 1. The molecule has 0 bridgehead atoms. The fourth-order valence-corrected chi connectivity index (χ4v) is 3.47. The third-order valence-electron chi connectivity index (χ3n) is 5.22. The molecule has 0 atom stereocenters. The van der Waals surface area contributed by atoms with Gasteiger partial charge in [-0.15, -0.1) is 0 Å².